The number of aromatic nitrogens is 1. The van der Waals surface area contributed by atoms with Gasteiger partial charge in [0.05, 0.1) is 0 Å². The molecule has 2 aromatic rings. The highest BCUT2D eigenvalue weighted by Gasteiger charge is 2.63. The van der Waals surface area contributed by atoms with E-state index in [9.17, 15) is 36.3 Å². The number of rotatable bonds is 7. The van der Waals surface area contributed by atoms with E-state index in [1.165, 1.54) is 11.0 Å². The molecule has 1 fully saturated rings. The topological polar surface area (TPSA) is 130 Å². The molecule has 1 aliphatic heterocycles. The molecule has 9 nitrogen and oxygen atoms in total. The normalized spacial score (nSPS) is 24.2. The van der Waals surface area contributed by atoms with E-state index in [0.29, 0.717) is 17.2 Å². The zero-order valence-electron chi connectivity index (χ0n) is 18.4. The first-order chi connectivity index (χ1) is 16.2. The number of hydrogen-bond acceptors (Lipinski definition) is 7. The number of allylic oxidation sites excluding steroid dienone is 1. The molecule has 1 aliphatic carbocycles. The van der Waals surface area contributed by atoms with Crippen LogP contribution in [0.25, 0.3) is 4.91 Å². The lowest BCUT2D eigenvalue weighted by atomic mass is 10.0. The number of amides is 1. The van der Waals surface area contributed by atoms with Gasteiger partial charge in [-0.2, -0.15) is 17.9 Å². The molecule has 1 aromatic heterocycles. The lowest BCUT2D eigenvalue weighted by molar-refractivity contribution is -0.155. The Morgan fingerprint density at radius 2 is 1.91 bits per heavy atom. The second-order valence-electron chi connectivity index (χ2n) is 8.43. The molecule has 3 atom stereocenters. The van der Waals surface area contributed by atoms with Crippen LogP contribution in [0.4, 0.5) is 13.2 Å². The van der Waals surface area contributed by atoms with E-state index in [1.807, 2.05) is 0 Å². The first-order valence-electron chi connectivity index (χ1n) is 10.2. The van der Waals surface area contributed by atoms with Crippen molar-refractivity contribution >= 4 is 38.6 Å². The summed E-state index contributed by atoms with van der Waals surface area (Å²) < 4.78 is 69.8. The van der Waals surface area contributed by atoms with Crippen LogP contribution >= 0.6 is 11.8 Å². The van der Waals surface area contributed by atoms with Gasteiger partial charge in [-0.1, -0.05) is 23.4 Å². The molecule has 1 saturated carbocycles. The van der Waals surface area contributed by atoms with Crippen LogP contribution < -0.4 is 4.72 Å². The molecule has 0 bridgehead atoms. The third-order valence-corrected chi connectivity index (χ3v) is 9.44. The molecule has 0 spiro atoms. The van der Waals surface area contributed by atoms with Gasteiger partial charge >= 0.3 is 12.1 Å². The van der Waals surface area contributed by atoms with E-state index in [4.69, 9.17) is 0 Å². The monoisotopic (exact) mass is 531 g/mol. The van der Waals surface area contributed by atoms with Crippen LogP contribution in [0.2, 0.25) is 0 Å². The molecule has 3 unspecified atom stereocenters. The van der Waals surface area contributed by atoms with Gasteiger partial charge in [0.25, 0.3) is 5.91 Å². The number of halogens is 3. The van der Waals surface area contributed by atoms with Gasteiger partial charge in [0, 0.05) is 36.5 Å². The number of nitrogens with one attached hydrogen (secondary N) is 1. The Hall–Kier alpha value is -2.84. The van der Waals surface area contributed by atoms with Gasteiger partial charge < -0.3 is 14.5 Å². The summed E-state index contributed by atoms with van der Waals surface area (Å²) >= 11 is 0.765. The zero-order chi connectivity index (χ0) is 25.8. The summed E-state index contributed by atoms with van der Waals surface area (Å²) in [5, 5.41) is 13.2. The number of carbonyl (C=O) groups excluding carboxylic acids is 1. The lowest BCUT2D eigenvalue weighted by Gasteiger charge is -2.19. The number of carbonyl (C=O) groups is 2. The first-order valence-corrected chi connectivity index (χ1v) is 12.7. The number of benzene rings is 1. The second kappa shape index (κ2) is 8.68. The van der Waals surface area contributed by atoms with E-state index in [-0.39, 0.29) is 29.3 Å². The van der Waals surface area contributed by atoms with Gasteiger partial charge in [-0.25, -0.2) is 8.42 Å². The maximum absolute atomic E-state index is 13.0. The quantitative estimate of drug-likeness (QED) is 0.558. The maximum atomic E-state index is 13.0. The Morgan fingerprint density at radius 1 is 1.26 bits per heavy atom. The molecule has 0 saturated heterocycles. The van der Waals surface area contributed by atoms with Crippen LogP contribution in [-0.4, -0.2) is 59.7 Å². The van der Waals surface area contributed by atoms with Crippen molar-refractivity contribution < 1.29 is 40.8 Å². The van der Waals surface area contributed by atoms with E-state index in [0.717, 1.165) is 11.8 Å². The van der Waals surface area contributed by atoms with Gasteiger partial charge in [0.2, 0.25) is 15.8 Å². The summed E-state index contributed by atoms with van der Waals surface area (Å²) in [5.41, 5.74) is -0.939. The third kappa shape index (κ3) is 4.82. The lowest BCUT2D eigenvalue weighted by Crippen LogP contribution is -2.47. The van der Waals surface area contributed by atoms with Crippen LogP contribution in [0.3, 0.4) is 0 Å². The summed E-state index contributed by atoms with van der Waals surface area (Å²) in [6, 6.07) is 6.96. The van der Waals surface area contributed by atoms with E-state index < -0.39 is 44.0 Å². The Balaban J connectivity index is 1.47. The molecule has 2 aliphatic rings. The largest absolute Gasteiger partial charge is 0.480 e. The number of sulfonamides is 1. The fourth-order valence-corrected chi connectivity index (χ4v) is 6.96. The van der Waals surface area contributed by atoms with Crippen LogP contribution in [0, 0.1) is 0 Å². The van der Waals surface area contributed by atoms with Crippen molar-refractivity contribution in [2.45, 2.75) is 35.1 Å². The number of aliphatic carboxylic acids is 1. The summed E-state index contributed by atoms with van der Waals surface area (Å²) in [6.07, 6.45) is -3.34. The second-order valence-corrected chi connectivity index (χ2v) is 11.8. The van der Waals surface area contributed by atoms with Gasteiger partial charge in [-0.05, 0) is 30.5 Å². The molecule has 0 radical (unpaired) electrons. The number of carboxylic acid groups (broad SMARTS) is 1. The summed E-state index contributed by atoms with van der Waals surface area (Å²) in [7, 11) is -1.00. The highest BCUT2D eigenvalue weighted by atomic mass is 32.3. The summed E-state index contributed by atoms with van der Waals surface area (Å²) in [4.78, 5) is 25.7. The number of hydrogen-bond donors (Lipinski definition) is 2. The minimum Gasteiger partial charge on any atom is -0.480 e. The molecule has 2 N–H and O–H groups in total. The molecule has 1 amide bonds. The first kappa shape index (κ1) is 25.3. The molecule has 1 aromatic carbocycles. The number of carboxylic acids is 1. The molecule has 188 valence electrons. The van der Waals surface area contributed by atoms with E-state index >= 15 is 0 Å². The van der Waals surface area contributed by atoms with Crippen molar-refractivity contribution in [3.05, 3.63) is 59.0 Å². The van der Waals surface area contributed by atoms with E-state index in [2.05, 4.69) is 14.4 Å². The molecule has 2 heterocycles. The predicted molar refractivity (Wildman–Crippen MR) is 120 cm³/mol. The van der Waals surface area contributed by atoms with Crippen molar-refractivity contribution in [2.75, 3.05) is 14.1 Å². The van der Waals surface area contributed by atoms with Gasteiger partial charge in [-0.3, -0.25) is 9.59 Å². The number of alkyl halides is 3. The highest BCUT2D eigenvalue weighted by molar-refractivity contribution is 8.18. The molecular weight excluding hydrogens is 511 g/mol. The fraction of sp³-hybridized carbons (Fsp3) is 0.381. The predicted octanol–water partition coefficient (Wildman–Crippen LogP) is 3.13. The Morgan fingerprint density at radius 3 is 2.46 bits per heavy atom. The van der Waals surface area contributed by atoms with Crippen molar-refractivity contribution in [3.8, 4) is 0 Å². The van der Waals surface area contributed by atoms with Crippen molar-refractivity contribution in [2.24, 2.45) is 0 Å². The summed E-state index contributed by atoms with van der Waals surface area (Å²) in [6.45, 7) is 0. The van der Waals surface area contributed by atoms with Crippen LogP contribution in [0.1, 0.15) is 46.1 Å². The van der Waals surface area contributed by atoms with Crippen LogP contribution in [-0.2, 0) is 21.0 Å². The highest BCUT2D eigenvalue weighted by Crippen LogP contribution is 2.53. The molecular formula is C21H20F3N3O6S2. The number of thioether (sulfide) groups is 1. The average molecular weight is 532 g/mol. The Bertz CT molecular complexity index is 1300. The van der Waals surface area contributed by atoms with E-state index in [1.54, 1.807) is 38.4 Å². The average Bonchev–Trinajstić information content (AvgIpc) is 3.13. The Kier molecular flexibility index (Phi) is 6.26. The standard InChI is InChI=1S/C21H20F3N3O6S2/c1-27(2)18(28)12-5-3-11(4-6-12)13-10-20(13,19(29)30)26-35(31,32)17-8-7-15(34-17)14-9-16(33-25-14)21(22,23)24/h3-7,9,13,17,26H,8,10H2,1-2H3,(H,29,30). The van der Waals surface area contributed by atoms with Gasteiger partial charge in [-0.15, -0.1) is 11.8 Å². The SMILES string of the molecule is CN(C)C(=O)c1ccc(C2CC2(NS(=O)(=O)C2CC=C(c3cc(C(F)(F)F)on3)S2)C(=O)O)cc1. The van der Waals surface area contributed by atoms with Crippen molar-refractivity contribution in [3.63, 3.8) is 0 Å². The number of nitrogens with zero attached hydrogens (tertiary/aromatic N) is 2. The van der Waals surface area contributed by atoms with Crippen LogP contribution in [0.5, 0.6) is 0 Å². The van der Waals surface area contributed by atoms with Gasteiger partial charge in [0.15, 0.2) is 0 Å². The summed E-state index contributed by atoms with van der Waals surface area (Å²) in [5.74, 6) is -3.53. The van der Waals surface area contributed by atoms with Crippen LogP contribution in [0.15, 0.2) is 40.9 Å². The van der Waals surface area contributed by atoms with Crippen molar-refractivity contribution in [1.82, 2.24) is 14.8 Å². The molecule has 14 heteroatoms. The smallest absolute Gasteiger partial charge is 0.452 e. The zero-order valence-corrected chi connectivity index (χ0v) is 20.0. The fourth-order valence-electron chi connectivity index (χ4n) is 3.82. The molecule has 35 heavy (non-hydrogen) atoms. The Labute approximate surface area is 202 Å². The minimum atomic E-state index is -4.73. The van der Waals surface area contributed by atoms with Gasteiger partial charge in [0.1, 0.15) is 15.8 Å². The molecule has 4 rings (SSSR count). The van der Waals surface area contributed by atoms with Crippen molar-refractivity contribution in [1.29, 1.82) is 0 Å². The third-order valence-electron chi connectivity index (χ3n) is 5.78. The minimum absolute atomic E-state index is 0.0123. The maximum Gasteiger partial charge on any atom is 0.452 e.